The van der Waals surface area contributed by atoms with E-state index in [2.05, 4.69) is 0 Å². The van der Waals surface area contributed by atoms with Crippen LogP contribution in [0.5, 0.6) is 5.75 Å². The lowest BCUT2D eigenvalue weighted by molar-refractivity contribution is 0.0472. The fraction of sp³-hybridized carbons (Fsp3) is 0.111. The fourth-order valence-corrected chi connectivity index (χ4v) is 3.24. The number of ether oxygens (including phenoxy) is 2. The number of hydrogen-bond acceptors (Lipinski definition) is 6. The molecular weight excluding hydrogens is 420 g/mol. The summed E-state index contributed by atoms with van der Waals surface area (Å²) in [6, 6.07) is 26.3. The van der Waals surface area contributed by atoms with E-state index < -0.39 is 17.5 Å². The molecule has 0 aliphatic carbocycles. The zero-order valence-corrected chi connectivity index (χ0v) is 17.7. The van der Waals surface area contributed by atoms with Crippen LogP contribution in [0.1, 0.15) is 38.9 Å². The van der Waals surface area contributed by atoms with Gasteiger partial charge in [0.25, 0.3) is 0 Å². The van der Waals surface area contributed by atoms with Gasteiger partial charge >= 0.3 is 5.97 Å². The SMILES string of the molecule is O=C(OCc1ccccc1)c1ccc(C(O)c2occc(=O)c2OCc2ccccc2)cc1. The van der Waals surface area contributed by atoms with Gasteiger partial charge in [-0.05, 0) is 28.8 Å². The van der Waals surface area contributed by atoms with Gasteiger partial charge in [0.2, 0.25) is 11.2 Å². The lowest BCUT2D eigenvalue weighted by Gasteiger charge is -2.15. The monoisotopic (exact) mass is 442 g/mol. The quantitative estimate of drug-likeness (QED) is 0.400. The normalized spacial score (nSPS) is 11.5. The summed E-state index contributed by atoms with van der Waals surface area (Å²) in [5.74, 6) is -0.531. The van der Waals surface area contributed by atoms with Gasteiger partial charge < -0.3 is 19.0 Å². The summed E-state index contributed by atoms with van der Waals surface area (Å²) in [7, 11) is 0. The third-order valence-corrected chi connectivity index (χ3v) is 5.01. The third kappa shape index (κ3) is 5.56. The molecular formula is C27H22O6. The van der Waals surface area contributed by atoms with Crippen molar-refractivity contribution in [1.29, 1.82) is 0 Å². The average Bonchev–Trinajstić information content (AvgIpc) is 2.87. The van der Waals surface area contributed by atoms with Gasteiger partial charge in [-0.1, -0.05) is 72.8 Å². The Morgan fingerprint density at radius 3 is 2.06 bits per heavy atom. The highest BCUT2D eigenvalue weighted by molar-refractivity contribution is 5.89. The smallest absolute Gasteiger partial charge is 0.338 e. The summed E-state index contributed by atoms with van der Waals surface area (Å²) < 4.78 is 16.5. The van der Waals surface area contributed by atoms with E-state index >= 15 is 0 Å². The Kier molecular flexibility index (Phi) is 6.97. The molecule has 0 amide bonds. The maximum atomic E-state index is 12.4. The minimum Gasteiger partial charge on any atom is -0.482 e. The second kappa shape index (κ2) is 10.4. The third-order valence-electron chi connectivity index (χ3n) is 5.01. The van der Waals surface area contributed by atoms with E-state index in [1.54, 1.807) is 24.3 Å². The maximum Gasteiger partial charge on any atom is 0.338 e. The van der Waals surface area contributed by atoms with Crippen molar-refractivity contribution >= 4 is 5.97 Å². The Bertz CT molecular complexity index is 1250. The molecule has 33 heavy (non-hydrogen) atoms. The van der Waals surface area contributed by atoms with Gasteiger partial charge in [0, 0.05) is 6.07 Å². The highest BCUT2D eigenvalue weighted by atomic mass is 16.5. The summed E-state index contributed by atoms with van der Waals surface area (Å²) in [4.78, 5) is 24.7. The Morgan fingerprint density at radius 1 is 0.818 bits per heavy atom. The molecule has 4 rings (SSSR count). The van der Waals surface area contributed by atoms with Crippen LogP contribution in [0.3, 0.4) is 0 Å². The standard InChI is InChI=1S/C27H22O6/c28-23-15-16-31-26(25(23)32-17-19-7-3-1-4-8-19)24(29)21-11-13-22(14-12-21)27(30)33-18-20-9-5-2-6-10-20/h1-16,24,29H,17-18H2. The minimum absolute atomic E-state index is 0.00200. The van der Waals surface area contributed by atoms with Gasteiger partial charge in [-0.25, -0.2) is 4.79 Å². The first-order valence-corrected chi connectivity index (χ1v) is 10.4. The van der Waals surface area contributed by atoms with Crippen molar-refractivity contribution in [2.24, 2.45) is 0 Å². The molecule has 6 heteroatoms. The molecule has 1 atom stereocenters. The van der Waals surface area contributed by atoms with Gasteiger partial charge in [0.15, 0.2) is 5.76 Å². The van der Waals surface area contributed by atoms with Crippen LogP contribution in [0.4, 0.5) is 0 Å². The van der Waals surface area contributed by atoms with E-state index in [1.807, 2.05) is 60.7 Å². The van der Waals surface area contributed by atoms with Gasteiger partial charge in [0.1, 0.15) is 19.3 Å². The Labute approximate surface area is 190 Å². The predicted molar refractivity (Wildman–Crippen MR) is 122 cm³/mol. The molecule has 0 fully saturated rings. The molecule has 6 nitrogen and oxygen atoms in total. The molecule has 0 saturated carbocycles. The van der Waals surface area contributed by atoms with E-state index in [4.69, 9.17) is 13.9 Å². The zero-order valence-electron chi connectivity index (χ0n) is 17.7. The molecule has 0 aliphatic rings. The number of rotatable bonds is 8. The molecule has 1 aromatic heterocycles. The first-order valence-electron chi connectivity index (χ1n) is 10.4. The first kappa shape index (κ1) is 22.0. The van der Waals surface area contributed by atoms with E-state index in [9.17, 15) is 14.7 Å². The highest BCUT2D eigenvalue weighted by Gasteiger charge is 2.22. The second-order valence-corrected chi connectivity index (χ2v) is 7.34. The summed E-state index contributed by atoms with van der Waals surface area (Å²) in [5.41, 5.74) is 2.15. The van der Waals surface area contributed by atoms with Crippen LogP contribution in [0, 0.1) is 0 Å². The van der Waals surface area contributed by atoms with Crippen molar-refractivity contribution < 1.29 is 23.8 Å². The molecule has 0 saturated heterocycles. The van der Waals surface area contributed by atoms with Crippen molar-refractivity contribution in [2.45, 2.75) is 19.3 Å². The van der Waals surface area contributed by atoms with Crippen LogP contribution in [0.15, 0.2) is 106 Å². The topological polar surface area (TPSA) is 86.0 Å². The zero-order chi connectivity index (χ0) is 23.0. The molecule has 0 radical (unpaired) electrons. The summed E-state index contributed by atoms with van der Waals surface area (Å²) in [5, 5.41) is 10.8. The van der Waals surface area contributed by atoms with Crippen LogP contribution in [0.2, 0.25) is 0 Å². The molecule has 4 aromatic rings. The van der Waals surface area contributed by atoms with Crippen molar-refractivity contribution in [2.75, 3.05) is 0 Å². The summed E-state index contributed by atoms with van der Waals surface area (Å²) in [6.45, 7) is 0.322. The highest BCUT2D eigenvalue weighted by Crippen LogP contribution is 2.28. The number of hydrogen-bond donors (Lipinski definition) is 1. The van der Waals surface area contributed by atoms with Crippen molar-refractivity contribution in [3.05, 3.63) is 135 Å². The van der Waals surface area contributed by atoms with E-state index in [-0.39, 0.29) is 24.7 Å². The van der Waals surface area contributed by atoms with Crippen molar-refractivity contribution in [3.63, 3.8) is 0 Å². The van der Waals surface area contributed by atoms with Crippen LogP contribution < -0.4 is 10.2 Å². The molecule has 166 valence electrons. The molecule has 1 N–H and O–H groups in total. The van der Waals surface area contributed by atoms with Gasteiger partial charge in [0.05, 0.1) is 11.8 Å². The number of benzene rings is 3. The molecule has 0 spiro atoms. The second-order valence-electron chi connectivity index (χ2n) is 7.34. The van der Waals surface area contributed by atoms with Gasteiger partial charge in [-0.15, -0.1) is 0 Å². The van der Waals surface area contributed by atoms with E-state index in [0.717, 1.165) is 11.1 Å². The first-order chi connectivity index (χ1) is 16.1. The van der Waals surface area contributed by atoms with Crippen molar-refractivity contribution in [3.8, 4) is 5.75 Å². The average molecular weight is 442 g/mol. The van der Waals surface area contributed by atoms with Crippen LogP contribution >= 0.6 is 0 Å². The number of aliphatic hydroxyl groups is 1. The number of aliphatic hydroxyl groups excluding tert-OH is 1. The predicted octanol–water partition coefficient (Wildman–Crippen LogP) is 4.66. The molecule has 1 unspecified atom stereocenters. The number of carbonyl (C=O) groups is 1. The number of esters is 1. The minimum atomic E-state index is -1.25. The summed E-state index contributed by atoms with van der Waals surface area (Å²) >= 11 is 0. The fourth-order valence-electron chi connectivity index (χ4n) is 3.24. The van der Waals surface area contributed by atoms with Crippen molar-refractivity contribution in [1.82, 2.24) is 0 Å². The Balaban J connectivity index is 1.46. The summed E-state index contributed by atoms with van der Waals surface area (Å²) in [6.07, 6.45) is -0.0370. The van der Waals surface area contributed by atoms with Crippen LogP contribution in [0.25, 0.3) is 0 Å². The van der Waals surface area contributed by atoms with Crippen LogP contribution in [-0.2, 0) is 18.0 Å². The van der Waals surface area contributed by atoms with E-state index in [0.29, 0.717) is 11.1 Å². The lowest BCUT2D eigenvalue weighted by atomic mass is 10.0. The Hall–Kier alpha value is -4.16. The largest absolute Gasteiger partial charge is 0.482 e. The maximum absolute atomic E-state index is 12.4. The van der Waals surface area contributed by atoms with Crippen LogP contribution in [-0.4, -0.2) is 11.1 Å². The van der Waals surface area contributed by atoms with E-state index in [1.165, 1.54) is 12.3 Å². The van der Waals surface area contributed by atoms with Gasteiger partial charge in [-0.2, -0.15) is 0 Å². The van der Waals surface area contributed by atoms with Gasteiger partial charge in [-0.3, -0.25) is 4.79 Å². The number of carbonyl (C=O) groups excluding carboxylic acids is 1. The molecule has 0 aliphatic heterocycles. The molecule has 3 aromatic carbocycles. The molecule has 0 bridgehead atoms. The molecule has 1 heterocycles. The Morgan fingerprint density at radius 2 is 1.42 bits per heavy atom. The lowest BCUT2D eigenvalue weighted by Crippen LogP contribution is -2.13.